The summed E-state index contributed by atoms with van der Waals surface area (Å²) >= 11 is 0. The highest BCUT2D eigenvalue weighted by Crippen LogP contribution is 2.19. The molecule has 31 heavy (non-hydrogen) atoms. The van der Waals surface area contributed by atoms with Crippen LogP contribution in [0.2, 0.25) is 0 Å². The van der Waals surface area contributed by atoms with Crippen molar-refractivity contribution >= 4 is 17.4 Å². The number of benzene rings is 1. The Kier molecular flexibility index (Phi) is 7.08. The zero-order chi connectivity index (χ0) is 22.4. The summed E-state index contributed by atoms with van der Waals surface area (Å²) in [5, 5.41) is 15.3. The molecule has 1 aromatic carbocycles. The lowest BCUT2D eigenvalue weighted by Crippen LogP contribution is -2.44. The van der Waals surface area contributed by atoms with Crippen LogP contribution in [-0.2, 0) is 6.54 Å². The van der Waals surface area contributed by atoms with Crippen LogP contribution in [0.5, 0.6) is 0 Å². The number of anilines is 2. The molecule has 0 saturated carbocycles. The number of likely N-dealkylation sites (N-methyl/N-ethyl adjacent to an activating group) is 1. The van der Waals surface area contributed by atoms with E-state index < -0.39 is 0 Å². The molecule has 2 N–H and O–H groups in total. The number of aromatic nitrogens is 2. The molecule has 2 aromatic rings. The van der Waals surface area contributed by atoms with Crippen molar-refractivity contribution in [2.24, 2.45) is 5.41 Å². The summed E-state index contributed by atoms with van der Waals surface area (Å²) in [5.41, 5.74) is 2.53. The molecule has 0 atom stereocenters. The molecule has 1 aliphatic rings. The lowest BCUT2D eigenvalue weighted by molar-refractivity contribution is 0.0951. The lowest BCUT2D eigenvalue weighted by atomic mass is 9.97. The van der Waals surface area contributed by atoms with E-state index in [9.17, 15) is 4.79 Å². The smallest absolute Gasteiger partial charge is 0.251 e. The van der Waals surface area contributed by atoms with E-state index in [1.165, 1.54) is 0 Å². The number of amides is 1. The van der Waals surface area contributed by atoms with Crippen LogP contribution in [0.25, 0.3) is 0 Å². The number of nitriles is 1. The van der Waals surface area contributed by atoms with E-state index in [2.05, 4.69) is 58.2 Å². The van der Waals surface area contributed by atoms with Crippen LogP contribution in [-0.4, -0.2) is 60.5 Å². The number of carbonyl (C=O) groups is 1. The Bertz CT molecular complexity index is 936. The van der Waals surface area contributed by atoms with Crippen molar-refractivity contribution in [1.29, 1.82) is 5.26 Å². The first-order chi connectivity index (χ1) is 14.7. The van der Waals surface area contributed by atoms with Gasteiger partial charge >= 0.3 is 0 Å². The molecule has 1 aliphatic heterocycles. The molecule has 1 amide bonds. The number of nitrogens with one attached hydrogen (secondary N) is 2. The minimum absolute atomic E-state index is 0.0454. The van der Waals surface area contributed by atoms with Crippen LogP contribution < -0.4 is 15.5 Å². The summed E-state index contributed by atoms with van der Waals surface area (Å²) in [5.74, 6) is 0.522. The molecule has 164 valence electrons. The molecule has 8 nitrogen and oxygen atoms in total. The predicted octanol–water partition coefficient (Wildman–Crippen LogP) is 2.49. The number of rotatable bonds is 6. The molecule has 0 aliphatic carbocycles. The van der Waals surface area contributed by atoms with Crippen LogP contribution in [0, 0.1) is 16.7 Å². The molecule has 0 spiro atoms. The normalized spacial score (nSPS) is 14.7. The Balaban J connectivity index is 1.63. The average Bonchev–Trinajstić information content (AvgIpc) is 2.76. The Morgan fingerprint density at radius 1 is 1.16 bits per heavy atom. The fourth-order valence-electron chi connectivity index (χ4n) is 3.26. The summed E-state index contributed by atoms with van der Waals surface area (Å²) < 4.78 is 0. The highest BCUT2D eigenvalue weighted by molar-refractivity contribution is 5.94. The van der Waals surface area contributed by atoms with Crippen LogP contribution in [0.1, 0.15) is 42.5 Å². The van der Waals surface area contributed by atoms with Crippen molar-refractivity contribution in [3.05, 3.63) is 47.4 Å². The third kappa shape index (κ3) is 6.40. The van der Waals surface area contributed by atoms with Gasteiger partial charge in [-0.3, -0.25) is 4.79 Å². The summed E-state index contributed by atoms with van der Waals surface area (Å²) in [6.45, 7) is 11.4. The summed E-state index contributed by atoms with van der Waals surface area (Å²) in [4.78, 5) is 25.6. The minimum Gasteiger partial charge on any atom is -0.369 e. The third-order valence-electron chi connectivity index (χ3n) is 5.19. The van der Waals surface area contributed by atoms with Crippen molar-refractivity contribution in [3.63, 3.8) is 0 Å². The molecule has 0 radical (unpaired) electrons. The Morgan fingerprint density at radius 2 is 1.84 bits per heavy atom. The average molecular weight is 422 g/mol. The van der Waals surface area contributed by atoms with E-state index in [4.69, 9.17) is 5.26 Å². The molecule has 1 aromatic heterocycles. The van der Waals surface area contributed by atoms with Gasteiger partial charge in [-0.25, -0.2) is 9.97 Å². The monoisotopic (exact) mass is 421 g/mol. The molecule has 0 bridgehead atoms. The maximum Gasteiger partial charge on any atom is 0.251 e. The second-order valence-electron chi connectivity index (χ2n) is 9.11. The molecule has 8 heteroatoms. The predicted molar refractivity (Wildman–Crippen MR) is 122 cm³/mol. The fraction of sp³-hybridized carbons (Fsp3) is 0.478. The van der Waals surface area contributed by atoms with Crippen LogP contribution >= 0.6 is 0 Å². The van der Waals surface area contributed by atoms with Gasteiger partial charge in [0.2, 0.25) is 5.82 Å². The number of carbonyl (C=O) groups excluding carboxylic acids is 1. The van der Waals surface area contributed by atoms with Crippen molar-refractivity contribution in [3.8, 4) is 6.07 Å². The van der Waals surface area contributed by atoms with E-state index in [0.29, 0.717) is 17.9 Å². The van der Waals surface area contributed by atoms with Crippen LogP contribution in [0.15, 0.2) is 30.5 Å². The summed E-state index contributed by atoms with van der Waals surface area (Å²) in [6, 6.07) is 9.68. The van der Waals surface area contributed by atoms with Crippen LogP contribution in [0.4, 0.5) is 11.5 Å². The Morgan fingerprint density at radius 3 is 2.45 bits per heavy atom. The first-order valence-corrected chi connectivity index (χ1v) is 10.6. The SMILES string of the molecule is CN1CCN(c2ccc(C(=O)NCc3cnc(C#N)nc3NCC(C)(C)C)cc2)CC1. The zero-order valence-electron chi connectivity index (χ0n) is 18.8. The quantitative estimate of drug-likeness (QED) is 0.739. The van der Waals surface area contributed by atoms with E-state index in [0.717, 1.165) is 37.4 Å². The topological polar surface area (TPSA) is 97.2 Å². The van der Waals surface area contributed by atoms with Crippen molar-refractivity contribution < 1.29 is 4.79 Å². The number of hydrogen-bond acceptors (Lipinski definition) is 7. The standard InChI is InChI=1S/C23H31N7O/c1-23(2,3)16-27-21-18(14-25-20(13-24)28-21)15-26-22(31)17-5-7-19(8-6-17)30-11-9-29(4)10-12-30/h5-8,14H,9-12,15-16H2,1-4H3,(H,26,31)(H,25,27,28). The summed E-state index contributed by atoms with van der Waals surface area (Å²) in [7, 11) is 2.13. The molecular weight excluding hydrogens is 390 g/mol. The van der Waals surface area contributed by atoms with Crippen molar-refractivity contribution in [2.75, 3.05) is 50.0 Å². The van der Waals surface area contributed by atoms with Crippen LogP contribution in [0.3, 0.4) is 0 Å². The lowest BCUT2D eigenvalue weighted by Gasteiger charge is -2.34. The van der Waals surface area contributed by atoms with E-state index >= 15 is 0 Å². The van der Waals surface area contributed by atoms with Crippen molar-refractivity contribution in [1.82, 2.24) is 20.2 Å². The van der Waals surface area contributed by atoms with Gasteiger partial charge in [-0.05, 0) is 36.7 Å². The number of piperazine rings is 1. The first kappa shape index (κ1) is 22.5. The zero-order valence-corrected chi connectivity index (χ0v) is 18.8. The molecule has 0 unspecified atom stereocenters. The fourth-order valence-corrected chi connectivity index (χ4v) is 3.26. The molecule has 2 heterocycles. The number of nitrogens with zero attached hydrogens (tertiary/aromatic N) is 5. The Hall–Kier alpha value is -3.18. The third-order valence-corrected chi connectivity index (χ3v) is 5.19. The second-order valence-corrected chi connectivity index (χ2v) is 9.11. The molecule has 1 fully saturated rings. The van der Waals surface area contributed by atoms with Gasteiger partial charge in [0.25, 0.3) is 5.91 Å². The van der Waals surface area contributed by atoms with Gasteiger partial charge in [0, 0.05) is 62.3 Å². The van der Waals surface area contributed by atoms with E-state index in [1.807, 2.05) is 30.3 Å². The molecule has 3 rings (SSSR count). The van der Waals surface area contributed by atoms with Crippen molar-refractivity contribution in [2.45, 2.75) is 27.3 Å². The van der Waals surface area contributed by atoms with Gasteiger partial charge in [-0.1, -0.05) is 20.8 Å². The van der Waals surface area contributed by atoms with Gasteiger partial charge in [0.1, 0.15) is 11.9 Å². The second kappa shape index (κ2) is 9.75. The van der Waals surface area contributed by atoms with Gasteiger partial charge < -0.3 is 20.4 Å². The molecule has 1 saturated heterocycles. The van der Waals surface area contributed by atoms with E-state index in [1.54, 1.807) is 6.20 Å². The van der Waals surface area contributed by atoms with Gasteiger partial charge in [-0.15, -0.1) is 0 Å². The summed E-state index contributed by atoms with van der Waals surface area (Å²) in [6.07, 6.45) is 1.59. The minimum atomic E-state index is -0.156. The molecular formula is C23H31N7O. The van der Waals surface area contributed by atoms with Gasteiger partial charge in [0.15, 0.2) is 0 Å². The van der Waals surface area contributed by atoms with Gasteiger partial charge in [-0.2, -0.15) is 5.26 Å². The first-order valence-electron chi connectivity index (χ1n) is 10.6. The van der Waals surface area contributed by atoms with Gasteiger partial charge in [0.05, 0.1) is 0 Å². The number of hydrogen-bond donors (Lipinski definition) is 2. The Labute approximate surface area is 184 Å². The largest absolute Gasteiger partial charge is 0.369 e. The highest BCUT2D eigenvalue weighted by Gasteiger charge is 2.16. The highest BCUT2D eigenvalue weighted by atomic mass is 16.1. The maximum absolute atomic E-state index is 12.7. The van der Waals surface area contributed by atoms with E-state index in [-0.39, 0.29) is 23.7 Å². The maximum atomic E-state index is 12.7.